The first-order chi connectivity index (χ1) is 16.0. The molecule has 5 rings (SSSR count). The minimum Gasteiger partial charge on any atom is -0.356 e. The second-order valence-corrected chi connectivity index (χ2v) is 8.69. The van der Waals surface area contributed by atoms with E-state index in [1.54, 1.807) is 21.5 Å². The second-order valence-electron chi connectivity index (χ2n) is 8.69. The Morgan fingerprint density at radius 2 is 1.88 bits per heavy atom. The predicted molar refractivity (Wildman–Crippen MR) is 122 cm³/mol. The van der Waals surface area contributed by atoms with E-state index in [1.165, 1.54) is 0 Å². The standard InChI is InChI=1S/C24H26N6O3/c1-15-13-16(2)29(26-15)22-11-12-24(32)30(27-22)18-9-7-17(8-10-18)25-23(31)14-20-19-5-3-4-6-21(19)33-28-20/h3-6,11-13,17-18H,7-10,14H2,1-2H3,(H,25,31). The molecule has 3 heterocycles. The van der Waals surface area contributed by atoms with Gasteiger partial charge in [0, 0.05) is 23.2 Å². The van der Waals surface area contributed by atoms with E-state index in [0.717, 1.165) is 42.5 Å². The molecule has 0 spiro atoms. The fourth-order valence-corrected chi connectivity index (χ4v) is 4.61. The summed E-state index contributed by atoms with van der Waals surface area (Å²) in [6.07, 6.45) is 3.29. The highest BCUT2D eigenvalue weighted by Gasteiger charge is 2.26. The molecule has 0 unspecified atom stereocenters. The lowest BCUT2D eigenvalue weighted by Gasteiger charge is -2.29. The van der Waals surface area contributed by atoms with Crippen molar-refractivity contribution in [3.63, 3.8) is 0 Å². The molecular weight excluding hydrogens is 420 g/mol. The van der Waals surface area contributed by atoms with Crippen LogP contribution in [0, 0.1) is 13.8 Å². The van der Waals surface area contributed by atoms with Crippen LogP contribution in [0.5, 0.6) is 0 Å². The number of nitrogens with zero attached hydrogens (tertiary/aromatic N) is 5. The van der Waals surface area contributed by atoms with Gasteiger partial charge in [-0.3, -0.25) is 9.59 Å². The zero-order valence-electron chi connectivity index (χ0n) is 18.7. The van der Waals surface area contributed by atoms with Crippen molar-refractivity contribution in [2.75, 3.05) is 0 Å². The Hall–Kier alpha value is -3.75. The van der Waals surface area contributed by atoms with Crippen molar-refractivity contribution in [2.24, 2.45) is 0 Å². The van der Waals surface area contributed by atoms with Gasteiger partial charge in [0.1, 0.15) is 5.69 Å². The van der Waals surface area contributed by atoms with Crippen LogP contribution in [-0.2, 0) is 11.2 Å². The number of carbonyl (C=O) groups is 1. The molecule has 1 saturated carbocycles. The highest BCUT2D eigenvalue weighted by molar-refractivity contribution is 5.86. The molecule has 0 bridgehead atoms. The summed E-state index contributed by atoms with van der Waals surface area (Å²) in [5.74, 6) is 0.565. The largest absolute Gasteiger partial charge is 0.356 e. The van der Waals surface area contributed by atoms with Crippen LogP contribution in [0.15, 0.2) is 51.8 Å². The molecule has 1 aromatic carbocycles. The maximum absolute atomic E-state index is 12.6. The first-order valence-corrected chi connectivity index (χ1v) is 11.2. The zero-order chi connectivity index (χ0) is 22.9. The summed E-state index contributed by atoms with van der Waals surface area (Å²) in [6, 6.07) is 12.8. The molecule has 1 amide bonds. The highest BCUT2D eigenvalue weighted by Crippen LogP contribution is 2.27. The molecule has 9 nitrogen and oxygen atoms in total. The lowest BCUT2D eigenvalue weighted by Crippen LogP contribution is -2.40. The topological polar surface area (TPSA) is 108 Å². The van der Waals surface area contributed by atoms with Gasteiger partial charge in [0.15, 0.2) is 11.4 Å². The van der Waals surface area contributed by atoms with Gasteiger partial charge in [-0.15, -0.1) is 5.10 Å². The van der Waals surface area contributed by atoms with Gasteiger partial charge in [-0.05, 0) is 63.8 Å². The second kappa shape index (κ2) is 8.65. The molecule has 170 valence electrons. The predicted octanol–water partition coefficient (Wildman–Crippen LogP) is 3.03. The summed E-state index contributed by atoms with van der Waals surface area (Å²) in [7, 11) is 0. The number of hydrogen-bond acceptors (Lipinski definition) is 6. The van der Waals surface area contributed by atoms with E-state index in [9.17, 15) is 9.59 Å². The van der Waals surface area contributed by atoms with Gasteiger partial charge in [-0.25, -0.2) is 9.36 Å². The third-order valence-corrected chi connectivity index (χ3v) is 6.23. The number of para-hydroxylation sites is 1. The Kier molecular flexibility index (Phi) is 5.53. The lowest BCUT2D eigenvalue weighted by atomic mass is 9.91. The molecule has 1 aliphatic carbocycles. The number of fused-ring (bicyclic) bond motifs is 1. The Morgan fingerprint density at radius 1 is 1.09 bits per heavy atom. The van der Waals surface area contributed by atoms with Crippen molar-refractivity contribution < 1.29 is 9.32 Å². The summed E-state index contributed by atoms with van der Waals surface area (Å²) in [4.78, 5) is 25.1. The van der Waals surface area contributed by atoms with Crippen LogP contribution in [0.2, 0.25) is 0 Å². The van der Waals surface area contributed by atoms with Crippen molar-refractivity contribution in [1.29, 1.82) is 0 Å². The van der Waals surface area contributed by atoms with Crippen LogP contribution in [0.1, 0.15) is 48.8 Å². The van der Waals surface area contributed by atoms with Crippen LogP contribution in [-0.4, -0.2) is 36.7 Å². The fraction of sp³-hybridized carbons (Fsp3) is 0.375. The maximum atomic E-state index is 12.6. The first-order valence-electron chi connectivity index (χ1n) is 11.2. The highest BCUT2D eigenvalue weighted by atomic mass is 16.5. The Labute approximate surface area is 190 Å². The minimum atomic E-state index is -0.120. The third-order valence-electron chi connectivity index (χ3n) is 6.23. The van der Waals surface area contributed by atoms with Crippen molar-refractivity contribution >= 4 is 16.9 Å². The number of benzene rings is 1. The Bertz CT molecular complexity index is 1360. The minimum absolute atomic E-state index is 0.00190. The maximum Gasteiger partial charge on any atom is 0.267 e. The molecule has 9 heteroatoms. The van der Waals surface area contributed by atoms with Crippen LogP contribution < -0.4 is 10.9 Å². The smallest absolute Gasteiger partial charge is 0.267 e. The normalized spacial score (nSPS) is 18.5. The molecule has 1 N–H and O–H groups in total. The monoisotopic (exact) mass is 446 g/mol. The van der Waals surface area contributed by atoms with Gasteiger partial charge >= 0.3 is 0 Å². The SMILES string of the molecule is Cc1cc(C)n(-c2ccc(=O)n(C3CCC(NC(=O)Cc4noc5ccccc45)CC3)n2)n1. The number of rotatable bonds is 5. The van der Waals surface area contributed by atoms with Crippen LogP contribution in [0.25, 0.3) is 16.8 Å². The average molecular weight is 447 g/mol. The zero-order valence-corrected chi connectivity index (χ0v) is 18.7. The first kappa shape index (κ1) is 21.1. The van der Waals surface area contributed by atoms with Crippen LogP contribution >= 0.6 is 0 Å². The number of aromatic nitrogens is 5. The van der Waals surface area contributed by atoms with Gasteiger partial charge < -0.3 is 9.84 Å². The number of amides is 1. The molecule has 33 heavy (non-hydrogen) atoms. The quantitative estimate of drug-likeness (QED) is 0.505. The number of nitrogens with one attached hydrogen (secondary N) is 1. The van der Waals surface area contributed by atoms with Gasteiger partial charge in [-0.1, -0.05) is 17.3 Å². The van der Waals surface area contributed by atoms with Gasteiger partial charge in [0.25, 0.3) is 5.56 Å². The van der Waals surface area contributed by atoms with Crippen molar-refractivity contribution in [3.8, 4) is 5.82 Å². The molecule has 1 aliphatic rings. The molecule has 0 radical (unpaired) electrons. The van der Waals surface area contributed by atoms with Gasteiger partial charge in [0.05, 0.1) is 18.2 Å². The Morgan fingerprint density at radius 3 is 2.64 bits per heavy atom. The van der Waals surface area contributed by atoms with E-state index in [2.05, 4.69) is 20.7 Å². The molecule has 0 aliphatic heterocycles. The van der Waals surface area contributed by atoms with E-state index in [0.29, 0.717) is 17.1 Å². The summed E-state index contributed by atoms with van der Waals surface area (Å²) in [5.41, 5.74) is 3.08. The molecule has 4 aromatic rings. The van der Waals surface area contributed by atoms with Gasteiger partial charge in [0.2, 0.25) is 5.91 Å². The fourth-order valence-electron chi connectivity index (χ4n) is 4.61. The third kappa shape index (κ3) is 4.30. The summed E-state index contributed by atoms with van der Waals surface area (Å²) >= 11 is 0. The Balaban J connectivity index is 1.22. The van der Waals surface area contributed by atoms with Crippen molar-refractivity contribution in [3.05, 3.63) is 69.9 Å². The summed E-state index contributed by atoms with van der Waals surface area (Å²) < 4.78 is 8.62. The van der Waals surface area contributed by atoms with Crippen LogP contribution in [0.3, 0.4) is 0 Å². The van der Waals surface area contributed by atoms with E-state index in [-0.39, 0.29) is 30.0 Å². The number of carbonyl (C=O) groups excluding carboxylic acids is 1. The van der Waals surface area contributed by atoms with E-state index < -0.39 is 0 Å². The van der Waals surface area contributed by atoms with Gasteiger partial charge in [-0.2, -0.15) is 5.10 Å². The molecule has 0 atom stereocenters. The molecule has 3 aromatic heterocycles. The van der Waals surface area contributed by atoms with E-state index in [4.69, 9.17) is 4.52 Å². The number of hydrogen-bond donors (Lipinski definition) is 1. The lowest BCUT2D eigenvalue weighted by molar-refractivity contribution is -0.121. The van der Waals surface area contributed by atoms with Crippen LogP contribution in [0.4, 0.5) is 0 Å². The number of aryl methyl sites for hydroxylation is 2. The molecular formula is C24H26N6O3. The van der Waals surface area contributed by atoms with E-state index >= 15 is 0 Å². The summed E-state index contributed by atoms with van der Waals surface area (Å²) in [5, 5.41) is 17.1. The van der Waals surface area contributed by atoms with Crippen molar-refractivity contribution in [2.45, 2.75) is 58.0 Å². The summed E-state index contributed by atoms with van der Waals surface area (Å²) in [6.45, 7) is 3.90. The molecule has 1 fully saturated rings. The van der Waals surface area contributed by atoms with Crippen molar-refractivity contribution in [1.82, 2.24) is 30.0 Å². The molecule has 0 saturated heterocycles. The van der Waals surface area contributed by atoms with E-state index in [1.807, 2.05) is 44.2 Å². The average Bonchev–Trinajstić information content (AvgIpc) is 3.37.